The van der Waals surface area contributed by atoms with Crippen LogP contribution in [0.1, 0.15) is 68.7 Å². The molecule has 0 radical (unpaired) electrons. The van der Waals surface area contributed by atoms with Gasteiger partial charge in [-0.1, -0.05) is 78.3 Å². The highest BCUT2D eigenvalue weighted by Gasteiger charge is 2.32. The van der Waals surface area contributed by atoms with Crippen LogP contribution in [0.3, 0.4) is 0 Å². The SMILES string of the molecule is CC(/C=C\C=C/C(=O)NC(C(=O)NCC(C)CC(C)C)C(C)(C)C)=C\[C@H](C)C(C)O. The normalized spacial score (nSPS) is 17.2. The molecule has 0 heterocycles. The van der Waals surface area contributed by atoms with Gasteiger partial charge in [-0.05, 0) is 37.5 Å². The first-order chi connectivity index (χ1) is 13.7. The zero-order valence-corrected chi connectivity index (χ0v) is 20.5. The average Bonchev–Trinajstić information content (AvgIpc) is 2.59. The monoisotopic (exact) mass is 420 g/mol. The van der Waals surface area contributed by atoms with Crippen LogP contribution < -0.4 is 10.6 Å². The number of amides is 2. The molecule has 0 saturated carbocycles. The van der Waals surface area contributed by atoms with Crippen molar-refractivity contribution in [1.29, 1.82) is 0 Å². The van der Waals surface area contributed by atoms with Crippen molar-refractivity contribution in [1.82, 2.24) is 10.6 Å². The largest absolute Gasteiger partial charge is 0.393 e. The summed E-state index contributed by atoms with van der Waals surface area (Å²) in [6.45, 7) is 18.5. The summed E-state index contributed by atoms with van der Waals surface area (Å²) in [7, 11) is 0. The molecule has 5 heteroatoms. The molecule has 2 amide bonds. The van der Waals surface area contributed by atoms with Gasteiger partial charge >= 0.3 is 0 Å². The molecule has 0 spiro atoms. The molecule has 0 rings (SSSR count). The van der Waals surface area contributed by atoms with Crippen LogP contribution in [0.4, 0.5) is 0 Å². The summed E-state index contributed by atoms with van der Waals surface area (Å²) < 4.78 is 0. The van der Waals surface area contributed by atoms with E-state index >= 15 is 0 Å². The minimum absolute atomic E-state index is 0.0660. The third-order valence-corrected chi connectivity index (χ3v) is 4.92. The lowest BCUT2D eigenvalue weighted by molar-refractivity contribution is -0.130. The topological polar surface area (TPSA) is 78.4 Å². The molecule has 0 aromatic rings. The standard InChI is InChI=1S/C25H44N2O3/c1-17(2)14-19(4)16-26-24(30)23(25(7,8)9)27-22(29)13-11-10-12-18(3)15-20(5)21(6)28/h10-13,15,17,19-21,23,28H,14,16H2,1-9H3,(H,26,30)(H,27,29)/b12-10-,13-11-,18-15+/t19?,20-,21?,23?/m0/s1. The van der Waals surface area contributed by atoms with Crippen molar-refractivity contribution in [2.45, 2.75) is 80.9 Å². The summed E-state index contributed by atoms with van der Waals surface area (Å²) in [5.41, 5.74) is 0.608. The van der Waals surface area contributed by atoms with Gasteiger partial charge in [0.25, 0.3) is 0 Å². The molecule has 0 aliphatic heterocycles. The molecule has 0 bridgehead atoms. The Balaban J connectivity index is 4.87. The first-order valence-corrected chi connectivity index (χ1v) is 11.0. The van der Waals surface area contributed by atoms with Crippen LogP contribution >= 0.6 is 0 Å². The van der Waals surface area contributed by atoms with Crippen LogP contribution in [0.15, 0.2) is 36.0 Å². The summed E-state index contributed by atoms with van der Waals surface area (Å²) in [5.74, 6) is 0.589. The number of rotatable bonds is 11. The number of hydrogen-bond acceptors (Lipinski definition) is 3. The molecule has 5 nitrogen and oxygen atoms in total. The first kappa shape index (κ1) is 28.1. The van der Waals surface area contributed by atoms with Crippen molar-refractivity contribution in [2.24, 2.45) is 23.2 Å². The van der Waals surface area contributed by atoms with Crippen LogP contribution in [-0.4, -0.2) is 35.6 Å². The average molecular weight is 421 g/mol. The number of carbonyl (C=O) groups excluding carboxylic acids is 2. The number of aliphatic hydroxyl groups excluding tert-OH is 1. The Morgan fingerprint density at radius 1 is 1.00 bits per heavy atom. The molecule has 0 saturated heterocycles. The molecule has 30 heavy (non-hydrogen) atoms. The second-order valence-corrected chi connectivity index (χ2v) is 10.0. The molecule has 3 unspecified atom stereocenters. The second-order valence-electron chi connectivity index (χ2n) is 10.0. The van der Waals surface area contributed by atoms with E-state index in [0.717, 1.165) is 12.0 Å². The van der Waals surface area contributed by atoms with Crippen molar-refractivity contribution in [3.05, 3.63) is 36.0 Å². The summed E-state index contributed by atoms with van der Waals surface area (Å²) in [5, 5.41) is 15.4. The maximum absolute atomic E-state index is 12.7. The van der Waals surface area contributed by atoms with Gasteiger partial charge in [0.1, 0.15) is 6.04 Å². The van der Waals surface area contributed by atoms with E-state index in [1.807, 2.05) is 46.8 Å². The van der Waals surface area contributed by atoms with Gasteiger partial charge in [0, 0.05) is 18.5 Å². The highest BCUT2D eigenvalue weighted by molar-refractivity contribution is 5.93. The minimum atomic E-state index is -0.613. The fourth-order valence-corrected chi connectivity index (χ4v) is 3.09. The molecule has 0 aromatic carbocycles. The van der Waals surface area contributed by atoms with Crippen LogP contribution in [0.25, 0.3) is 0 Å². The van der Waals surface area contributed by atoms with E-state index < -0.39 is 17.6 Å². The number of hydrogen-bond donors (Lipinski definition) is 3. The van der Waals surface area contributed by atoms with E-state index in [2.05, 4.69) is 31.4 Å². The lowest BCUT2D eigenvalue weighted by Crippen LogP contribution is -2.53. The second kappa shape index (κ2) is 13.4. The lowest BCUT2D eigenvalue weighted by atomic mass is 9.86. The molecule has 0 aliphatic rings. The number of allylic oxidation sites excluding steroid dienone is 4. The van der Waals surface area contributed by atoms with Crippen LogP contribution in [-0.2, 0) is 9.59 Å². The predicted octanol–water partition coefficient (Wildman–Crippen LogP) is 4.39. The molecule has 172 valence electrons. The smallest absolute Gasteiger partial charge is 0.244 e. The molecule has 4 atom stereocenters. The van der Waals surface area contributed by atoms with Crippen LogP contribution in [0.5, 0.6) is 0 Å². The molecule has 0 aromatic heterocycles. The third kappa shape index (κ3) is 12.6. The lowest BCUT2D eigenvalue weighted by Gasteiger charge is -2.30. The first-order valence-electron chi connectivity index (χ1n) is 11.0. The summed E-state index contributed by atoms with van der Waals surface area (Å²) in [6, 6.07) is -0.613. The van der Waals surface area contributed by atoms with Gasteiger partial charge in [-0.3, -0.25) is 9.59 Å². The molecular weight excluding hydrogens is 376 g/mol. The van der Waals surface area contributed by atoms with Gasteiger partial charge in [0.05, 0.1) is 6.10 Å². The Hall–Kier alpha value is -1.88. The summed E-state index contributed by atoms with van der Waals surface area (Å²) >= 11 is 0. The minimum Gasteiger partial charge on any atom is -0.393 e. The Kier molecular flexibility index (Phi) is 12.6. The van der Waals surface area contributed by atoms with Crippen molar-refractivity contribution in [3.8, 4) is 0 Å². The quantitative estimate of drug-likeness (QED) is 0.343. The van der Waals surface area contributed by atoms with E-state index in [4.69, 9.17) is 0 Å². The zero-order valence-electron chi connectivity index (χ0n) is 20.5. The molecular formula is C25H44N2O3. The van der Waals surface area contributed by atoms with Crippen LogP contribution in [0, 0.1) is 23.2 Å². The van der Waals surface area contributed by atoms with Gasteiger partial charge in [0.2, 0.25) is 11.8 Å². The van der Waals surface area contributed by atoms with Gasteiger partial charge in [-0.2, -0.15) is 0 Å². The molecule has 3 N–H and O–H groups in total. The maximum atomic E-state index is 12.7. The fraction of sp³-hybridized carbons (Fsp3) is 0.680. The predicted molar refractivity (Wildman–Crippen MR) is 126 cm³/mol. The van der Waals surface area contributed by atoms with E-state index in [1.165, 1.54) is 6.08 Å². The Morgan fingerprint density at radius 2 is 1.57 bits per heavy atom. The fourth-order valence-electron chi connectivity index (χ4n) is 3.09. The van der Waals surface area contributed by atoms with E-state index in [1.54, 1.807) is 19.1 Å². The van der Waals surface area contributed by atoms with Gasteiger partial charge in [-0.15, -0.1) is 0 Å². The van der Waals surface area contributed by atoms with Gasteiger partial charge in [-0.25, -0.2) is 0 Å². The van der Waals surface area contributed by atoms with Crippen molar-refractivity contribution < 1.29 is 14.7 Å². The maximum Gasteiger partial charge on any atom is 0.244 e. The van der Waals surface area contributed by atoms with E-state index in [0.29, 0.717) is 18.4 Å². The van der Waals surface area contributed by atoms with Crippen molar-refractivity contribution in [3.63, 3.8) is 0 Å². The van der Waals surface area contributed by atoms with Gasteiger partial charge < -0.3 is 15.7 Å². The highest BCUT2D eigenvalue weighted by Crippen LogP contribution is 2.20. The van der Waals surface area contributed by atoms with E-state index in [9.17, 15) is 14.7 Å². The molecule has 0 aliphatic carbocycles. The Labute approximate surface area is 184 Å². The highest BCUT2D eigenvalue weighted by atomic mass is 16.3. The number of nitrogens with one attached hydrogen (secondary N) is 2. The summed E-state index contributed by atoms with van der Waals surface area (Å²) in [4.78, 5) is 25.0. The third-order valence-electron chi connectivity index (χ3n) is 4.92. The van der Waals surface area contributed by atoms with Crippen LogP contribution in [0.2, 0.25) is 0 Å². The zero-order chi connectivity index (χ0) is 23.5. The number of aliphatic hydroxyl groups is 1. The van der Waals surface area contributed by atoms with Gasteiger partial charge in [0.15, 0.2) is 0 Å². The summed E-state index contributed by atoms with van der Waals surface area (Å²) in [6.07, 6.45) is 9.37. The van der Waals surface area contributed by atoms with E-state index in [-0.39, 0.29) is 17.7 Å². The van der Waals surface area contributed by atoms with Crippen molar-refractivity contribution >= 4 is 11.8 Å². The van der Waals surface area contributed by atoms with Crippen molar-refractivity contribution in [2.75, 3.05) is 6.54 Å². The Morgan fingerprint density at radius 3 is 2.07 bits per heavy atom. The number of carbonyl (C=O) groups is 2. The Bertz CT molecular complexity index is 625. The molecule has 0 fully saturated rings.